The third-order valence-corrected chi connectivity index (χ3v) is 6.83. The van der Waals surface area contributed by atoms with Gasteiger partial charge >= 0.3 is 5.97 Å². The van der Waals surface area contributed by atoms with Crippen molar-refractivity contribution in [2.45, 2.75) is 96.6 Å². The molecule has 1 aromatic rings. The van der Waals surface area contributed by atoms with Crippen molar-refractivity contribution in [3.05, 3.63) is 33.2 Å². The maximum absolute atomic E-state index is 13.3. The highest BCUT2D eigenvalue weighted by Crippen LogP contribution is 2.29. The number of carbonyl (C=O) groups is 2. The molecule has 0 atom stereocenters. The number of amides is 1. The van der Waals surface area contributed by atoms with Crippen molar-refractivity contribution in [1.82, 2.24) is 9.88 Å². The molecule has 0 spiro atoms. The molecule has 0 aliphatic heterocycles. The third kappa shape index (κ3) is 4.57. The van der Waals surface area contributed by atoms with Gasteiger partial charge in [0.15, 0.2) is 0 Å². The van der Waals surface area contributed by atoms with Crippen LogP contribution in [0.15, 0.2) is 10.9 Å². The molecule has 2 aliphatic carbocycles. The number of carboxylic acids is 1. The highest BCUT2D eigenvalue weighted by molar-refractivity contribution is 5.97. The van der Waals surface area contributed by atoms with E-state index in [1.807, 2.05) is 13.8 Å². The molecule has 1 aromatic heterocycles. The number of hydrogen-bond acceptors (Lipinski definition) is 3. The van der Waals surface area contributed by atoms with Gasteiger partial charge in [-0.05, 0) is 56.6 Å². The van der Waals surface area contributed by atoms with Crippen molar-refractivity contribution in [3.63, 3.8) is 0 Å². The van der Waals surface area contributed by atoms with E-state index in [1.54, 1.807) is 10.6 Å². The van der Waals surface area contributed by atoms with E-state index in [4.69, 9.17) is 0 Å². The molecule has 3 rings (SSSR count). The van der Waals surface area contributed by atoms with E-state index in [9.17, 15) is 19.5 Å². The van der Waals surface area contributed by atoms with Gasteiger partial charge in [0.05, 0.1) is 0 Å². The smallest absolute Gasteiger partial charge is 0.329 e. The van der Waals surface area contributed by atoms with Crippen LogP contribution >= 0.6 is 0 Å². The first-order valence-electron chi connectivity index (χ1n) is 11.2. The number of carboxylic acid groups (broad SMARTS) is 1. The van der Waals surface area contributed by atoms with Crippen LogP contribution in [-0.4, -0.2) is 27.1 Å². The minimum Gasteiger partial charge on any atom is -0.480 e. The lowest BCUT2D eigenvalue weighted by molar-refractivity contribution is -0.145. The summed E-state index contributed by atoms with van der Waals surface area (Å²) in [6.07, 6.45) is 9.96. The molecule has 0 aromatic carbocycles. The second-order valence-corrected chi connectivity index (χ2v) is 8.86. The van der Waals surface area contributed by atoms with Gasteiger partial charge in [-0.15, -0.1) is 0 Å². The number of pyridine rings is 1. The molecule has 0 saturated heterocycles. The Morgan fingerprint density at radius 3 is 2.34 bits per heavy atom. The van der Waals surface area contributed by atoms with Crippen molar-refractivity contribution in [2.75, 3.05) is 0 Å². The van der Waals surface area contributed by atoms with Crippen molar-refractivity contribution < 1.29 is 14.7 Å². The molecule has 1 amide bonds. The van der Waals surface area contributed by atoms with Crippen LogP contribution in [0, 0.1) is 12.8 Å². The lowest BCUT2D eigenvalue weighted by atomic mass is 9.81. The highest BCUT2D eigenvalue weighted by atomic mass is 16.4. The van der Waals surface area contributed by atoms with Gasteiger partial charge in [-0.3, -0.25) is 9.59 Å². The first-order valence-corrected chi connectivity index (χ1v) is 11.2. The molecule has 0 unspecified atom stereocenters. The molecule has 160 valence electrons. The standard InChI is InChI=1S/C23H34N2O4/c1-3-19-16(2)14-18(21(27)25(19)15-17-10-6-4-7-11-17)20(26)24-23(22(28)29)12-8-5-9-13-23/h14,17H,3-13,15H2,1-2H3,(H,24,26)(H,28,29). The van der Waals surface area contributed by atoms with E-state index in [0.29, 0.717) is 25.3 Å². The van der Waals surface area contributed by atoms with Gasteiger partial charge in [-0.1, -0.05) is 45.4 Å². The van der Waals surface area contributed by atoms with E-state index < -0.39 is 17.4 Å². The summed E-state index contributed by atoms with van der Waals surface area (Å²) in [5.74, 6) is -1.09. The van der Waals surface area contributed by atoms with Crippen LogP contribution < -0.4 is 10.9 Å². The van der Waals surface area contributed by atoms with Crippen LogP contribution in [0.4, 0.5) is 0 Å². The zero-order chi connectivity index (χ0) is 21.0. The van der Waals surface area contributed by atoms with E-state index >= 15 is 0 Å². The van der Waals surface area contributed by atoms with Gasteiger partial charge in [0, 0.05) is 12.2 Å². The number of aromatic nitrogens is 1. The number of carbonyl (C=O) groups excluding carboxylic acids is 1. The summed E-state index contributed by atoms with van der Waals surface area (Å²) in [7, 11) is 0. The summed E-state index contributed by atoms with van der Waals surface area (Å²) in [5, 5.41) is 12.5. The Hall–Kier alpha value is -2.11. The van der Waals surface area contributed by atoms with Gasteiger partial charge in [0.2, 0.25) is 0 Å². The maximum atomic E-state index is 13.3. The Labute approximate surface area is 172 Å². The highest BCUT2D eigenvalue weighted by Gasteiger charge is 2.41. The number of aliphatic carboxylic acids is 1. The number of nitrogens with one attached hydrogen (secondary N) is 1. The Morgan fingerprint density at radius 1 is 1.14 bits per heavy atom. The monoisotopic (exact) mass is 402 g/mol. The Kier molecular flexibility index (Phi) is 6.81. The number of aryl methyl sites for hydroxylation is 1. The molecule has 0 bridgehead atoms. The van der Waals surface area contributed by atoms with Crippen LogP contribution in [0.5, 0.6) is 0 Å². The second kappa shape index (κ2) is 9.14. The summed E-state index contributed by atoms with van der Waals surface area (Å²) < 4.78 is 1.79. The fraction of sp³-hybridized carbons (Fsp3) is 0.696. The molecule has 2 N–H and O–H groups in total. The Balaban J connectivity index is 1.93. The maximum Gasteiger partial charge on any atom is 0.329 e. The third-order valence-electron chi connectivity index (χ3n) is 6.83. The van der Waals surface area contributed by atoms with E-state index in [-0.39, 0.29) is 11.1 Å². The minimum absolute atomic E-state index is 0.0710. The van der Waals surface area contributed by atoms with Gasteiger partial charge in [0.1, 0.15) is 11.1 Å². The molecule has 29 heavy (non-hydrogen) atoms. The average Bonchev–Trinajstić information content (AvgIpc) is 2.72. The molecular formula is C23H34N2O4. The quantitative estimate of drug-likeness (QED) is 0.757. The predicted octanol–water partition coefficient (Wildman–Crippen LogP) is 3.82. The second-order valence-electron chi connectivity index (χ2n) is 8.86. The van der Waals surface area contributed by atoms with Crippen LogP contribution in [0.2, 0.25) is 0 Å². The predicted molar refractivity (Wildman–Crippen MR) is 112 cm³/mol. The number of hydrogen-bond donors (Lipinski definition) is 2. The lowest BCUT2D eigenvalue weighted by Gasteiger charge is -2.34. The topological polar surface area (TPSA) is 88.4 Å². The van der Waals surface area contributed by atoms with Gasteiger partial charge in [-0.25, -0.2) is 4.79 Å². The fourth-order valence-electron chi connectivity index (χ4n) is 5.13. The van der Waals surface area contributed by atoms with Crippen LogP contribution in [0.1, 0.15) is 92.7 Å². The summed E-state index contributed by atoms with van der Waals surface area (Å²) in [4.78, 5) is 38.3. The zero-order valence-corrected chi connectivity index (χ0v) is 17.8. The SMILES string of the molecule is CCc1c(C)cc(C(=O)NC2(C(=O)O)CCCCC2)c(=O)n1CC1CCCCC1. The fourth-order valence-corrected chi connectivity index (χ4v) is 5.13. The number of nitrogens with zero attached hydrogens (tertiary/aromatic N) is 1. The van der Waals surface area contributed by atoms with E-state index in [0.717, 1.165) is 49.8 Å². The molecule has 6 heteroatoms. The largest absolute Gasteiger partial charge is 0.480 e. The van der Waals surface area contributed by atoms with Gasteiger partial charge in [-0.2, -0.15) is 0 Å². The normalized spacial score (nSPS) is 19.7. The van der Waals surface area contributed by atoms with E-state index in [1.165, 1.54) is 19.3 Å². The Bertz CT molecular complexity index is 815. The van der Waals surface area contributed by atoms with Crippen LogP contribution in [0.25, 0.3) is 0 Å². The minimum atomic E-state index is -1.26. The van der Waals surface area contributed by atoms with Crippen LogP contribution in [0.3, 0.4) is 0 Å². The molecule has 0 radical (unpaired) electrons. The molecular weight excluding hydrogens is 368 g/mol. The average molecular weight is 403 g/mol. The number of rotatable bonds is 6. The molecule has 1 heterocycles. The summed E-state index contributed by atoms with van der Waals surface area (Å²) in [5.41, 5.74) is 0.422. The van der Waals surface area contributed by atoms with Crippen LogP contribution in [-0.2, 0) is 17.8 Å². The van der Waals surface area contributed by atoms with Gasteiger partial charge < -0.3 is 15.0 Å². The van der Waals surface area contributed by atoms with Crippen molar-refractivity contribution in [3.8, 4) is 0 Å². The lowest BCUT2D eigenvalue weighted by Crippen LogP contribution is -2.56. The van der Waals surface area contributed by atoms with Crippen molar-refractivity contribution in [2.24, 2.45) is 5.92 Å². The summed E-state index contributed by atoms with van der Waals surface area (Å²) in [6.45, 7) is 4.61. The van der Waals surface area contributed by atoms with E-state index in [2.05, 4.69) is 5.32 Å². The zero-order valence-electron chi connectivity index (χ0n) is 17.8. The van der Waals surface area contributed by atoms with Crippen molar-refractivity contribution >= 4 is 11.9 Å². The molecule has 6 nitrogen and oxygen atoms in total. The first kappa shape index (κ1) is 21.6. The molecule has 2 saturated carbocycles. The molecule has 2 aliphatic rings. The van der Waals surface area contributed by atoms with Gasteiger partial charge in [0.25, 0.3) is 11.5 Å². The Morgan fingerprint density at radius 2 is 1.76 bits per heavy atom. The first-order chi connectivity index (χ1) is 13.9. The summed E-state index contributed by atoms with van der Waals surface area (Å²) >= 11 is 0. The summed E-state index contributed by atoms with van der Waals surface area (Å²) in [6, 6.07) is 1.65. The van der Waals surface area contributed by atoms with Crippen molar-refractivity contribution in [1.29, 1.82) is 0 Å². The molecule has 2 fully saturated rings.